The van der Waals surface area contributed by atoms with Crippen LogP contribution in [0.1, 0.15) is 22.3 Å². The van der Waals surface area contributed by atoms with Crippen LogP contribution in [0.5, 0.6) is 0 Å². The van der Waals surface area contributed by atoms with Crippen molar-refractivity contribution in [2.24, 2.45) is 0 Å². The van der Waals surface area contributed by atoms with Crippen LogP contribution in [0.4, 0.5) is 14.6 Å². The highest BCUT2D eigenvalue weighted by Crippen LogP contribution is 2.28. The van der Waals surface area contributed by atoms with E-state index >= 15 is 0 Å². The van der Waals surface area contributed by atoms with Crippen LogP contribution in [-0.4, -0.2) is 18.1 Å². The number of nitrogens with two attached hydrogens (primary N) is 1. The van der Waals surface area contributed by atoms with Gasteiger partial charge in [0.1, 0.15) is 11.4 Å². The largest absolute Gasteiger partial charge is 0.465 e. The minimum Gasteiger partial charge on any atom is -0.465 e. The molecule has 0 saturated heterocycles. The quantitative estimate of drug-likeness (QED) is 0.666. The fourth-order valence-corrected chi connectivity index (χ4v) is 1.84. The number of halogens is 3. The van der Waals surface area contributed by atoms with Gasteiger partial charge in [-0.1, -0.05) is 0 Å². The molecule has 0 fully saturated rings. The molecule has 0 aliphatic rings. The average molecular weight is 328 g/mol. The monoisotopic (exact) mass is 328 g/mol. The van der Waals surface area contributed by atoms with Crippen molar-refractivity contribution < 1.29 is 18.3 Å². The lowest BCUT2D eigenvalue weighted by molar-refractivity contribution is 0.0599. The van der Waals surface area contributed by atoms with Gasteiger partial charge < -0.3 is 10.5 Å². The summed E-state index contributed by atoms with van der Waals surface area (Å²) in [7, 11) is 1.15. The second-order valence-electron chi connectivity index (χ2n) is 2.58. The molecule has 0 unspecified atom stereocenters. The molecule has 0 atom stereocenters. The molecule has 15 heavy (non-hydrogen) atoms. The zero-order chi connectivity index (χ0) is 11.6. The van der Waals surface area contributed by atoms with Gasteiger partial charge >= 0.3 is 5.97 Å². The van der Waals surface area contributed by atoms with E-state index in [9.17, 15) is 13.6 Å². The van der Waals surface area contributed by atoms with E-state index in [-0.39, 0.29) is 20.5 Å². The van der Waals surface area contributed by atoms with Gasteiger partial charge in [0.05, 0.1) is 12.7 Å². The van der Waals surface area contributed by atoms with Crippen molar-refractivity contribution in [2.45, 2.75) is 6.43 Å². The van der Waals surface area contributed by atoms with E-state index in [0.29, 0.717) is 0 Å². The Hall–Kier alpha value is -0.990. The number of nitrogens with zero attached hydrogens (tertiary/aromatic N) is 1. The van der Waals surface area contributed by atoms with Gasteiger partial charge in [0, 0.05) is 9.77 Å². The van der Waals surface area contributed by atoms with Crippen LogP contribution in [0.2, 0.25) is 0 Å². The molecule has 1 aromatic rings. The fourth-order valence-electron chi connectivity index (χ4n) is 0.965. The third-order valence-electron chi connectivity index (χ3n) is 1.70. The Morgan fingerprint density at radius 3 is 2.73 bits per heavy atom. The zero-order valence-corrected chi connectivity index (χ0v) is 9.79. The third-order valence-corrected chi connectivity index (χ3v) is 2.86. The maximum atomic E-state index is 12.5. The van der Waals surface area contributed by atoms with Crippen LogP contribution in [0.25, 0.3) is 0 Å². The maximum Gasteiger partial charge on any atom is 0.342 e. The summed E-state index contributed by atoms with van der Waals surface area (Å²) >= 11 is 1.62. The van der Waals surface area contributed by atoms with Crippen molar-refractivity contribution in [3.05, 3.63) is 20.9 Å². The van der Waals surface area contributed by atoms with Gasteiger partial charge in [0.25, 0.3) is 6.43 Å². The van der Waals surface area contributed by atoms with E-state index in [1.807, 2.05) is 0 Å². The summed E-state index contributed by atoms with van der Waals surface area (Å²) in [6.45, 7) is 0. The van der Waals surface area contributed by atoms with Crippen LogP contribution in [0.3, 0.4) is 0 Å². The second kappa shape index (κ2) is 4.69. The van der Waals surface area contributed by atoms with Gasteiger partial charge in [-0.25, -0.2) is 18.6 Å². The number of aromatic nitrogens is 1. The molecule has 0 radical (unpaired) electrons. The molecule has 0 bridgehead atoms. The first-order valence-corrected chi connectivity index (χ1v) is 4.87. The minimum atomic E-state index is -2.70. The van der Waals surface area contributed by atoms with Crippen LogP contribution in [-0.2, 0) is 4.74 Å². The van der Waals surface area contributed by atoms with Gasteiger partial charge in [-0.05, 0) is 22.6 Å². The first kappa shape index (κ1) is 12.1. The number of alkyl halides is 2. The molecule has 2 N–H and O–H groups in total. The molecule has 1 heterocycles. The van der Waals surface area contributed by atoms with E-state index in [0.717, 1.165) is 13.3 Å². The smallest absolute Gasteiger partial charge is 0.342 e. The van der Waals surface area contributed by atoms with Crippen molar-refractivity contribution in [2.75, 3.05) is 12.8 Å². The van der Waals surface area contributed by atoms with E-state index in [2.05, 4.69) is 9.72 Å². The van der Waals surface area contributed by atoms with Crippen molar-refractivity contribution in [3.8, 4) is 0 Å². The number of pyridine rings is 1. The van der Waals surface area contributed by atoms with E-state index in [4.69, 9.17) is 5.73 Å². The van der Waals surface area contributed by atoms with Crippen LogP contribution >= 0.6 is 22.6 Å². The summed E-state index contributed by atoms with van der Waals surface area (Å²) in [6, 6.07) is 0. The normalized spacial score (nSPS) is 10.5. The molecule has 0 aliphatic carbocycles. The highest BCUT2D eigenvalue weighted by atomic mass is 127. The predicted molar refractivity (Wildman–Crippen MR) is 57.7 cm³/mol. The summed E-state index contributed by atoms with van der Waals surface area (Å²) in [5, 5.41) is 0. The number of ether oxygens (including phenoxy) is 1. The molecule has 7 heteroatoms. The number of carbonyl (C=O) groups excluding carboxylic acids is 1. The number of carbonyl (C=O) groups is 1. The Labute approximate surface area is 98.0 Å². The Morgan fingerprint density at radius 1 is 1.67 bits per heavy atom. The molecule has 0 saturated carbocycles. The van der Waals surface area contributed by atoms with Crippen molar-refractivity contribution in [3.63, 3.8) is 0 Å². The zero-order valence-electron chi connectivity index (χ0n) is 7.63. The number of anilines is 1. The predicted octanol–water partition coefficient (Wildman–Crippen LogP) is 1.99. The lowest BCUT2D eigenvalue weighted by Gasteiger charge is -2.09. The van der Waals surface area contributed by atoms with E-state index in [1.165, 1.54) is 0 Å². The molecule has 0 amide bonds. The number of hydrogen-bond acceptors (Lipinski definition) is 4. The van der Waals surface area contributed by atoms with Crippen LogP contribution < -0.4 is 5.73 Å². The van der Waals surface area contributed by atoms with E-state index in [1.54, 1.807) is 22.6 Å². The SMILES string of the molecule is COC(=O)c1c(N)ncc(C(F)F)c1I. The molecular formula is C8H7F2IN2O2. The molecule has 82 valence electrons. The molecule has 1 aromatic heterocycles. The minimum absolute atomic E-state index is 0.0713. The first-order valence-electron chi connectivity index (χ1n) is 3.79. The molecule has 4 nitrogen and oxygen atoms in total. The number of hydrogen-bond donors (Lipinski definition) is 1. The summed E-state index contributed by atoms with van der Waals surface area (Å²) in [4.78, 5) is 14.8. The van der Waals surface area contributed by atoms with Gasteiger partial charge in [0.15, 0.2) is 0 Å². The third kappa shape index (κ3) is 2.33. The topological polar surface area (TPSA) is 65.2 Å². The second-order valence-corrected chi connectivity index (χ2v) is 3.66. The Morgan fingerprint density at radius 2 is 2.27 bits per heavy atom. The Balaban J connectivity index is 3.36. The molecule has 0 aromatic carbocycles. The first-order chi connectivity index (χ1) is 6.99. The Bertz CT molecular complexity index is 398. The van der Waals surface area contributed by atoms with Crippen molar-refractivity contribution in [1.29, 1.82) is 0 Å². The number of nitrogen functional groups attached to an aromatic ring is 1. The highest BCUT2D eigenvalue weighted by molar-refractivity contribution is 14.1. The summed E-state index contributed by atoms with van der Waals surface area (Å²) < 4.78 is 29.4. The molecule has 1 rings (SSSR count). The molecule has 0 spiro atoms. The summed E-state index contributed by atoms with van der Waals surface area (Å²) in [6.07, 6.45) is -1.75. The fraction of sp³-hybridized carbons (Fsp3) is 0.250. The highest BCUT2D eigenvalue weighted by Gasteiger charge is 2.22. The lowest BCUT2D eigenvalue weighted by atomic mass is 10.2. The Kier molecular flexibility index (Phi) is 3.77. The van der Waals surface area contributed by atoms with Crippen molar-refractivity contribution >= 4 is 34.4 Å². The van der Waals surface area contributed by atoms with Gasteiger partial charge in [-0.15, -0.1) is 0 Å². The number of methoxy groups -OCH3 is 1. The average Bonchev–Trinajstić information content (AvgIpc) is 2.16. The number of rotatable bonds is 2. The van der Waals surface area contributed by atoms with Crippen molar-refractivity contribution in [1.82, 2.24) is 4.98 Å². The number of esters is 1. The summed E-state index contributed by atoms with van der Waals surface area (Å²) in [5.74, 6) is -0.887. The van der Waals surface area contributed by atoms with Gasteiger partial charge in [0.2, 0.25) is 0 Å². The standard InChI is InChI=1S/C8H7F2IN2O2/c1-15-8(14)4-5(11)3(6(9)10)2-13-7(4)12/h2,6H,1H3,(H2,12,13). The maximum absolute atomic E-state index is 12.5. The lowest BCUT2D eigenvalue weighted by Crippen LogP contribution is -2.11. The van der Waals surface area contributed by atoms with Crippen LogP contribution in [0, 0.1) is 3.57 Å². The van der Waals surface area contributed by atoms with Crippen LogP contribution in [0.15, 0.2) is 6.20 Å². The molecular weight excluding hydrogens is 321 g/mol. The van der Waals surface area contributed by atoms with Gasteiger partial charge in [-0.2, -0.15) is 0 Å². The molecule has 0 aliphatic heterocycles. The van der Waals surface area contributed by atoms with Gasteiger partial charge in [-0.3, -0.25) is 0 Å². The summed E-state index contributed by atoms with van der Waals surface area (Å²) in [5.41, 5.74) is 4.96. The van der Waals surface area contributed by atoms with E-state index < -0.39 is 12.4 Å².